The molecule has 0 atom stereocenters. The summed E-state index contributed by atoms with van der Waals surface area (Å²) in [6.45, 7) is 3.86. The van der Waals surface area contributed by atoms with Crippen molar-refractivity contribution in [2.24, 2.45) is 0 Å². The number of ether oxygens (including phenoxy) is 2. The van der Waals surface area contributed by atoms with Crippen LogP contribution in [0.25, 0.3) is 0 Å². The molecule has 1 saturated heterocycles. The zero-order valence-electron chi connectivity index (χ0n) is 16.0. The van der Waals surface area contributed by atoms with Crippen LogP contribution in [-0.2, 0) is 16.6 Å². The van der Waals surface area contributed by atoms with Crippen molar-refractivity contribution in [1.82, 2.24) is 9.21 Å². The normalized spacial score (nSPS) is 17.4. The van der Waals surface area contributed by atoms with Crippen molar-refractivity contribution in [3.8, 4) is 17.2 Å². The van der Waals surface area contributed by atoms with Crippen LogP contribution in [0.3, 0.4) is 0 Å². The van der Waals surface area contributed by atoms with Crippen molar-refractivity contribution >= 4 is 15.8 Å². The largest absolute Gasteiger partial charge is 0.507 e. The number of aromatic hydroxyl groups is 1. The topological polar surface area (TPSA) is 96.4 Å². The number of phenols is 1. The van der Waals surface area contributed by atoms with Crippen molar-refractivity contribution in [3.63, 3.8) is 0 Å². The van der Waals surface area contributed by atoms with E-state index < -0.39 is 10.0 Å². The Morgan fingerprint density at radius 1 is 1.03 bits per heavy atom. The first-order valence-corrected chi connectivity index (χ1v) is 10.7. The molecular weight excluding hydrogens is 396 g/mol. The van der Waals surface area contributed by atoms with Crippen LogP contribution in [0.2, 0.25) is 0 Å². The van der Waals surface area contributed by atoms with E-state index in [2.05, 4.69) is 4.90 Å². The molecule has 0 bridgehead atoms. The molecule has 4 rings (SSSR count). The molecule has 2 aromatic rings. The summed E-state index contributed by atoms with van der Waals surface area (Å²) in [5.74, 6) is 1.16. The highest BCUT2D eigenvalue weighted by Gasteiger charge is 2.29. The molecule has 1 fully saturated rings. The van der Waals surface area contributed by atoms with Gasteiger partial charge in [-0.3, -0.25) is 9.69 Å². The van der Waals surface area contributed by atoms with Crippen LogP contribution < -0.4 is 9.47 Å². The predicted octanol–water partition coefficient (Wildman–Crippen LogP) is 1.83. The van der Waals surface area contributed by atoms with Crippen LogP contribution in [-0.4, -0.2) is 61.5 Å². The number of phenolic OH excluding ortho intramolecular Hbond substituents is 1. The highest BCUT2D eigenvalue weighted by Crippen LogP contribution is 2.38. The third-order valence-electron chi connectivity index (χ3n) is 5.20. The molecule has 0 saturated carbocycles. The summed E-state index contributed by atoms with van der Waals surface area (Å²) in [7, 11) is -3.61. The lowest BCUT2D eigenvalue weighted by molar-refractivity contribution is 0.101. The molecule has 2 aliphatic rings. The van der Waals surface area contributed by atoms with Gasteiger partial charge in [0.1, 0.15) is 5.75 Å². The van der Waals surface area contributed by atoms with Crippen molar-refractivity contribution in [2.75, 3.05) is 33.0 Å². The number of sulfonamides is 1. The molecule has 2 aliphatic heterocycles. The van der Waals surface area contributed by atoms with Crippen LogP contribution in [0.15, 0.2) is 41.3 Å². The van der Waals surface area contributed by atoms with Crippen LogP contribution in [0, 0.1) is 0 Å². The molecule has 0 aromatic heterocycles. The molecule has 0 spiro atoms. The third kappa shape index (κ3) is 3.93. The lowest BCUT2D eigenvalue weighted by atomic mass is 10.1. The van der Waals surface area contributed by atoms with Gasteiger partial charge in [0.05, 0.1) is 4.90 Å². The summed E-state index contributed by atoms with van der Waals surface area (Å²) in [4.78, 5) is 13.7. The number of carbonyl (C=O) groups is 1. The zero-order chi connectivity index (χ0) is 20.6. The maximum absolute atomic E-state index is 12.9. The number of ketones is 1. The van der Waals surface area contributed by atoms with Crippen LogP contribution in [0.4, 0.5) is 0 Å². The van der Waals surface area contributed by atoms with Gasteiger partial charge in [-0.15, -0.1) is 0 Å². The highest BCUT2D eigenvalue weighted by molar-refractivity contribution is 7.89. The van der Waals surface area contributed by atoms with E-state index in [4.69, 9.17) is 9.47 Å². The standard InChI is InChI=1S/C20H22N2O6S/c1-14(23)15-2-4-17(5-3-15)29(25,26)22-8-6-21(7-9-22)12-16-10-19-20(11-18(16)24)28-13-27-19/h2-5,10-11,24H,6-9,12-13H2,1H3. The van der Waals surface area contributed by atoms with E-state index in [0.717, 1.165) is 0 Å². The highest BCUT2D eigenvalue weighted by atomic mass is 32.2. The van der Waals surface area contributed by atoms with E-state index in [0.29, 0.717) is 55.3 Å². The Morgan fingerprint density at radius 2 is 1.66 bits per heavy atom. The van der Waals surface area contributed by atoms with E-state index in [-0.39, 0.29) is 23.2 Å². The molecule has 0 amide bonds. The summed E-state index contributed by atoms with van der Waals surface area (Å²) in [6, 6.07) is 9.33. The maximum atomic E-state index is 12.9. The monoisotopic (exact) mass is 418 g/mol. The van der Waals surface area contributed by atoms with Gasteiger partial charge in [0.25, 0.3) is 0 Å². The van der Waals surface area contributed by atoms with Crippen molar-refractivity contribution < 1.29 is 27.8 Å². The van der Waals surface area contributed by atoms with E-state index in [1.54, 1.807) is 12.1 Å². The summed E-state index contributed by atoms with van der Waals surface area (Å²) in [6.07, 6.45) is 0. The minimum atomic E-state index is -3.61. The minimum Gasteiger partial charge on any atom is -0.507 e. The quantitative estimate of drug-likeness (QED) is 0.740. The molecule has 154 valence electrons. The van der Waals surface area contributed by atoms with Gasteiger partial charge in [-0.1, -0.05) is 12.1 Å². The third-order valence-corrected chi connectivity index (χ3v) is 7.11. The fourth-order valence-electron chi connectivity index (χ4n) is 3.48. The number of benzene rings is 2. The van der Waals surface area contributed by atoms with Crippen molar-refractivity contribution in [3.05, 3.63) is 47.5 Å². The smallest absolute Gasteiger partial charge is 0.243 e. The summed E-state index contributed by atoms with van der Waals surface area (Å²) in [5.41, 5.74) is 1.20. The van der Waals surface area contributed by atoms with Gasteiger partial charge < -0.3 is 14.6 Å². The minimum absolute atomic E-state index is 0.102. The molecule has 0 radical (unpaired) electrons. The van der Waals surface area contributed by atoms with Gasteiger partial charge in [-0.25, -0.2) is 8.42 Å². The summed E-state index contributed by atoms with van der Waals surface area (Å²) >= 11 is 0. The van der Waals surface area contributed by atoms with Crippen LogP contribution in [0.5, 0.6) is 17.2 Å². The average Bonchev–Trinajstić information content (AvgIpc) is 3.16. The second-order valence-corrected chi connectivity index (χ2v) is 9.03. The predicted molar refractivity (Wildman–Crippen MR) is 105 cm³/mol. The van der Waals surface area contributed by atoms with Crippen molar-refractivity contribution in [2.45, 2.75) is 18.4 Å². The molecule has 0 aliphatic carbocycles. The number of fused-ring (bicyclic) bond motifs is 1. The van der Waals surface area contributed by atoms with Gasteiger partial charge in [0.2, 0.25) is 16.8 Å². The van der Waals surface area contributed by atoms with Gasteiger partial charge in [-0.2, -0.15) is 4.31 Å². The Kier molecular flexibility index (Phi) is 5.20. The Morgan fingerprint density at radius 3 is 2.28 bits per heavy atom. The van der Waals surface area contributed by atoms with Gasteiger partial charge in [0.15, 0.2) is 17.3 Å². The fourth-order valence-corrected chi connectivity index (χ4v) is 4.90. The number of hydrogen-bond donors (Lipinski definition) is 1. The van der Waals surface area contributed by atoms with Gasteiger partial charge in [0, 0.05) is 49.9 Å². The first kappa shape index (κ1) is 19.7. The Labute approximate surface area is 169 Å². The van der Waals surface area contributed by atoms with Crippen LogP contribution >= 0.6 is 0 Å². The van der Waals surface area contributed by atoms with Gasteiger partial charge in [-0.05, 0) is 25.1 Å². The number of hydrogen-bond acceptors (Lipinski definition) is 7. The Bertz CT molecular complexity index is 1030. The Balaban J connectivity index is 1.41. The lowest BCUT2D eigenvalue weighted by Crippen LogP contribution is -2.48. The SMILES string of the molecule is CC(=O)c1ccc(S(=O)(=O)N2CCN(Cc3cc4c(cc3O)OCO4)CC2)cc1. The van der Waals surface area contributed by atoms with Crippen molar-refractivity contribution in [1.29, 1.82) is 0 Å². The first-order valence-electron chi connectivity index (χ1n) is 9.29. The molecule has 2 heterocycles. The lowest BCUT2D eigenvalue weighted by Gasteiger charge is -2.34. The van der Waals surface area contributed by atoms with E-state index in [1.807, 2.05) is 0 Å². The number of carbonyl (C=O) groups excluding carboxylic acids is 1. The summed E-state index contributed by atoms with van der Waals surface area (Å²) < 4.78 is 37.8. The Hall–Kier alpha value is -2.62. The molecular formula is C20H22N2O6S. The second-order valence-electron chi connectivity index (χ2n) is 7.09. The molecule has 29 heavy (non-hydrogen) atoms. The van der Waals surface area contributed by atoms with Crippen LogP contribution in [0.1, 0.15) is 22.8 Å². The van der Waals surface area contributed by atoms with Gasteiger partial charge >= 0.3 is 0 Å². The molecule has 0 unspecified atom stereocenters. The fraction of sp³-hybridized carbons (Fsp3) is 0.350. The number of rotatable bonds is 5. The van der Waals surface area contributed by atoms with E-state index in [9.17, 15) is 18.3 Å². The first-order chi connectivity index (χ1) is 13.8. The van der Waals surface area contributed by atoms with E-state index in [1.165, 1.54) is 35.5 Å². The molecule has 8 nitrogen and oxygen atoms in total. The number of Topliss-reactive ketones (excluding diaryl/α,β-unsaturated/α-hetero) is 1. The number of piperazine rings is 1. The number of nitrogens with zero attached hydrogens (tertiary/aromatic N) is 2. The average molecular weight is 418 g/mol. The summed E-state index contributed by atoms with van der Waals surface area (Å²) in [5, 5.41) is 10.2. The molecule has 2 aromatic carbocycles. The molecule has 9 heteroatoms. The zero-order valence-corrected chi connectivity index (χ0v) is 16.8. The van der Waals surface area contributed by atoms with E-state index >= 15 is 0 Å². The maximum Gasteiger partial charge on any atom is 0.243 e. The molecule has 1 N–H and O–H groups in total. The second kappa shape index (κ2) is 7.66.